The Hall–Kier alpha value is -1.87. The van der Waals surface area contributed by atoms with Crippen LogP contribution in [0.25, 0.3) is 0 Å². The lowest BCUT2D eigenvalue weighted by atomic mass is 10.1. The lowest BCUT2D eigenvalue weighted by Crippen LogP contribution is -2.51. The number of carbonyl (C=O) groups is 3. The van der Waals surface area contributed by atoms with Crippen molar-refractivity contribution < 1.29 is 19.5 Å². The van der Waals surface area contributed by atoms with Crippen LogP contribution in [0.1, 0.15) is 12.8 Å². The van der Waals surface area contributed by atoms with Gasteiger partial charge < -0.3 is 32.9 Å². The molecule has 0 aliphatic heterocycles. The van der Waals surface area contributed by atoms with Gasteiger partial charge in [-0.2, -0.15) is 0 Å². The first-order valence-corrected chi connectivity index (χ1v) is 5.40. The highest BCUT2D eigenvalue weighted by Gasteiger charge is 2.21. The standard InChI is InChI=1S/C9H19N5O4/c10-4-6(8(16)17)14-7(15)5(11)2-1-3-13-9(12)18/h5-6H,1-4,10-11H2,(H,14,15)(H,16,17)(H3,12,13,18)/t5-,6-/m0/s1. The van der Waals surface area contributed by atoms with Crippen LogP contribution in [0.15, 0.2) is 0 Å². The van der Waals surface area contributed by atoms with E-state index in [1.807, 2.05) is 0 Å². The molecule has 0 unspecified atom stereocenters. The Morgan fingerprint density at radius 3 is 2.33 bits per heavy atom. The molecule has 9 heteroatoms. The van der Waals surface area contributed by atoms with Gasteiger partial charge >= 0.3 is 12.0 Å². The van der Waals surface area contributed by atoms with E-state index in [4.69, 9.17) is 22.3 Å². The number of carbonyl (C=O) groups excluding carboxylic acids is 2. The van der Waals surface area contributed by atoms with Crippen molar-refractivity contribution in [1.29, 1.82) is 0 Å². The van der Waals surface area contributed by atoms with Gasteiger partial charge in [0.1, 0.15) is 6.04 Å². The van der Waals surface area contributed by atoms with Crippen LogP contribution >= 0.6 is 0 Å². The van der Waals surface area contributed by atoms with E-state index in [0.29, 0.717) is 19.4 Å². The summed E-state index contributed by atoms with van der Waals surface area (Å²) in [4.78, 5) is 32.5. The van der Waals surface area contributed by atoms with Gasteiger partial charge in [-0.3, -0.25) is 4.79 Å². The quantitative estimate of drug-likeness (QED) is 0.259. The fourth-order valence-corrected chi connectivity index (χ4v) is 1.16. The van der Waals surface area contributed by atoms with Gasteiger partial charge in [-0.25, -0.2) is 9.59 Å². The second kappa shape index (κ2) is 8.25. The number of aliphatic carboxylic acids is 1. The van der Waals surface area contributed by atoms with Crippen LogP contribution in [0.4, 0.5) is 4.79 Å². The SMILES string of the molecule is NC[C@H](NC(=O)[C@@H](N)CCCNC(N)=O)C(=O)O. The molecule has 0 aromatic heterocycles. The van der Waals surface area contributed by atoms with Gasteiger partial charge in [-0.15, -0.1) is 0 Å². The number of nitrogens with two attached hydrogens (primary N) is 3. The van der Waals surface area contributed by atoms with Crippen molar-refractivity contribution in [1.82, 2.24) is 10.6 Å². The number of primary amides is 1. The molecule has 18 heavy (non-hydrogen) atoms. The number of hydrogen-bond donors (Lipinski definition) is 6. The van der Waals surface area contributed by atoms with E-state index in [9.17, 15) is 14.4 Å². The third kappa shape index (κ3) is 6.66. The molecule has 0 bridgehead atoms. The lowest BCUT2D eigenvalue weighted by Gasteiger charge is -2.16. The van der Waals surface area contributed by atoms with Gasteiger partial charge in [0.15, 0.2) is 0 Å². The van der Waals surface area contributed by atoms with Crippen molar-refractivity contribution in [3.8, 4) is 0 Å². The first kappa shape index (κ1) is 16.1. The van der Waals surface area contributed by atoms with Crippen LogP contribution in [-0.2, 0) is 9.59 Å². The summed E-state index contributed by atoms with van der Waals surface area (Å²) in [6.07, 6.45) is 0.751. The number of amides is 3. The zero-order valence-corrected chi connectivity index (χ0v) is 9.89. The Balaban J connectivity index is 3.95. The van der Waals surface area contributed by atoms with E-state index in [1.165, 1.54) is 0 Å². The molecule has 0 heterocycles. The van der Waals surface area contributed by atoms with E-state index < -0.39 is 30.0 Å². The molecular formula is C9H19N5O4. The molecule has 0 fully saturated rings. The Morgan fingerprint density at radius 2 is 1.89 bits per heavy atom. The van der Waals surface area contributed by atoms with E-state index >= 15 is 0 Å². The predicted octanol–water partition coefficient (Wildman–Crippen LogP) is -2.71. The Labute approximate surface area is 104 Å². The molecule has 9 nitrogen and oxygen atoms in total. The van der Waals surface area contributed by atoms with Crippen molar-refractivity contribution in [3.05, 3.63) is 0 Å². The number of carboxylic acid groups (broad SMARTS) is 1. The minimum absolute atomic E-state index is 0.211. The summed E-state index contributed by atoms with van der Waals surface area (Å²) in [5.74, 6) is -1.81. The van der Waals surface area contributed by atoms with Crippen molar-refractivity contribution in [3.63, 3.8) is 0 Å². The van der Waals surface area contributed by atoms with E-state index in [1.54, 1.807) is 0 Å². The Bertz CT molecular complexity index is 309. The first-order valence-electron chi connectivity index (χ1n) is 5.40. The Kier molecular flexibility index (Phi) is 7.40. The molecule has 0 aliphatic rings. The largest absolute Gasteiger partial charge is 0.480 e. The monoisotopic (exact) mass is 261 g/mol. The van der Waals surface area contributed by atoms with Crippen molar-refractivity contribution in [2.75, 3.05) is 13.1 Å². The number of urea groups is 1. The zero-order chi connectivity index (χ0) is 14.1. The first-order chi connectivity index (χ1) is 8.38. The van der Waals surface area contributed by atoms with Crippen LogP contribution in [0, 0.1) is 0 Å². The lowest BCUT2D eigenvalue weighted by molar-refractivity contribution is -0.141. The highest BCUT2D eigenvalue weighted by atomic mass is 16.4. The maximum atomic E-state index is 11.5. The fourth-order valence-electron chi connectivity index (χ4n) is 1.16. The molecule has 104 valence electrons. The third-order valence-electron chi connectivity index (χ3n) is 2.18. The van der Waals surface area contributed by atoms with Gasteiger partial charge in [0.2, 0.25) is 5.91 Å². The van der Waals surface area contributed by atoms with Crippen LogP contribution in [-0.4, -0.2) is 48.2 Å². The fraction of sp³-hybridized carbons (Fsp3) is 0.667. The average Bonchev–Trinajstić information content (AvgIpc) is 2.30. The minimum atomic E-state index is -1.21. The van der Waals surface area contributed by atoms with Gasteiger partial charge in [0.25, 0.3) is 0 Å². The number of carboxylic acids is 1. The molecule has 0 aromatic carbocycles. The van der Waals surface area contributed by atoms with Gasteiger partial charge in [-0.05, 0) is 12.8 Å². The molecule has 0 radical (unpaired) electrons. The smallest absolute Gasteiger partial charge is 0.327 e. The van der Waals surface area contributed by atoms with Gasteiger partial charge in [0.05, 0.1) is 6.04 Å². The molecule has 0 aliphatic carbocycles. The Morgan fingerprint density at radius 1 is 1.28 bits per heavy atom. The highest BCUT2D eigenvalue weighted by molar-refractivity contribution is 5.86. The third-order valence-corrected chi connectivity index (χ3v) is 2.18. The van der Waals surface area contributed by atoms with Crippen LogP contribution in [0.2, 0.25) is 0 Å². The molecule has 2 atom stereocenters. The molecule has 0 rings (SSSR count). The number of hydrogen-bond acceptors (Lipinski definition) is 5. The summed E-state index contributed by atoms with van der Waals surface area (Å²) in [5, 5.41) is 13.2. The normalized spacial score (nSPS) is 13.4. The minimum Gasteiger partial charge on any atom is -0.480 e. The predicted molar refractivity (Wildman–Crippen MR) is 63.4 cm³/mol. The second-order valence-corrected chi connectivity index (χ2v) is 3.67. The summed E-state index contributed by atoms with van der Waals surface area (Å²) in [7, 11) is 0. The van der Waals surface area contributed by atoms with Crippen molar-refractivity contribution in [2.24, 2.45) is 17.2 Å². The molecule has 3 amide bonds. The van der Waals surface area contributed by atoms with Gasteiger partial charge in [0, 0.05) is 13.1 Å². The van der Waals surface area contributed by atoms with E-state index in [2.05, 4.69) is 10.6 Å². The van der Waals surface area contributed by atoms with Crippen LogP contribution in [0.3, 0.4) is 0 Å². The molecule has 0 saturated heterocycles. The summed E-state index contributed by atoms with van der Waals surface area (Å²) < 4.78 is 0. The molecule has 0 spiro atoms. The zero-order valence-electron chi connectivity index (χ0n) is 9.89. The van der Waals surface area contributed by atoms with Crippen molar-refractivity contribution in [2.45, 2.75) is 24.9 Å². The summed E-state index contributed by atoms with van der Waals surface area (Å²) in [6, 6.07) is -2.65. The molecule has 0 saturated carbocycles. The average molecular weight is 261 g/mol. The maximum absolute atomic E-state index is 11.5. The maximum Gasteiger partial charge on any atom is 0.327 e. The molecule has 9 N–H and O–H groups in total. The molecular weight excluding hydrogens is 242 g/mol. The number of rotatable bonds is 8. The van der Waals surface area contributed by atoms with E-state index in [-0.39, 0.29) is 6.54 Å². The van der Waals surface area contributed by atoms with Crippen LogP contribution in [0.5, 0.6) is 0 Å². The topological polar surface area (TPSA) is 174 Å². The summed E-state index contributed by atoms with van der Waals surface area (Å²) in [6.45, 7) is 0.0899. The highest BCUT2D eigenvalue weighted by Crippen LogP contribution is 1.94. The molecule has 0 aromatic rings. The van der Waals surface area contributed by atoms with Gasteiger partial charge in [-0.1, -0.05) is 0 Å². The van der Waals surface area contributed by atoms with Crippen LogP contribution < -0.4 is 27.8 Å². The van der Waals surface area contributed by atoms with E-state index in [0.717, 1.165) is 0 Å². The summed E-state index contributed by atoms with van der Waals surface area (Å²) >= 11 is 0. The number of nitrogens with one attached hydrogen (secondary N) is 2. The van der Waals surface area contributed by atoms with Crippen molar-refractivity contribution >= 4 is 17.9 Å². The second-order valence-electron chi connectivity index (χ2n) is 3.67. The summed E-state index contributed by atoms with van der Waals surface area (Å²) in [5.41, 5.74) is 15.6.